The Morgan fingerprint density at radius 3 is 2.74 bits per heavy atom. The van der Waals surface area contributed by atoms with Gasteiger partial charge >= 0.3 is 0 Å². The van der Waals surface area contributed by atoms with Crippen LogP contribution in [-0.4, -0.2) is 37.3 Å². The monoisotopic (exact) mass is 315 g/mol. The molecule has 0 aliphatic carbocycles. The topological polar surface area (TPSA) is 32.7 Å². The van der Waals surface area contributed by atoms with Crippen molar-refractivity contribution in [3.05, 3.63) is 65.5 Å². The summed E-state index contributed by atoms with van der Waals surface area (Å²) < 4.78 is 19.6. The van der Waals surface area contributed by atoms with Crippen LogP contribution >= 0.6 is 0 Å². The summed E-state index contributed by atoms with van der Waals surface area (Å²) in [7, 11) is 3.60. The number of methoxy groups -OCH3 is 1. The normalized spacial score (nSPS) is 25.3. The summed E-state index contributed by atoms with van der Waals surface area (Å²) in [5, 5.41) is 11.5. The Bertz CT molecular complexity index is 691. The number of benzene rings is 2. The van der Waals surface area contributed by atoms with E-state index in [0.29, 0.717) is 24.3 Å². The van der Waals surface area contributed by atoms with Crippen molar-refractivity contribution >= 4 is 0 Å². The van der Waals surface area contributed by atoms with Crippen LogP contribution in [0.1, 0.15) is 23.5 Å². The summed E-state index contributed by atoms with van der Waals surface area (Å²) in [5.41, 5.74) is 0.228. The van der Waals surface area contributed by atoms with Gasteiger partial charge in [0.1, 0.15) is 11.6 Å². The quantitative estimate of drug-likeness (QED) is 0.944. The van der Waals surface area contributed by atoms with Crippen LogP contribution in [0.2, 0.25) is 0 Å². The Hall–Kier alpha value is -1.91. The highest BCUT2D eigenvalue weighted by Crippen LogP contribution is 2.44. The lowest BCUT2D eigenvalue weighted by Crippen LogP contribution is -2.47. The maximum absolute atomic E-state index is 14.4. The number of aliphatic hydroxyl groups is 1. The predicted octanol–water partition coefficient (Wildman–Crippen LogP) is 3.14. The minimum atomic E-state index is -1.11. The van der Waals surface area contributed by atoms with Crippen molar-refractivity contribution in [2.24, 2.45) is 0 Å². The van der Waals surface area contributed by atoms with Crippen LogP contribution in [0.25, 0.3) is 0 Å². The van der Waals surface area contributed by atoms with Gasteiger partial charge in [-0.15, -0.1) is 0 Å². The van der Waals surface area contributed by atoms with Crippen molar-refractivity contribution in [2.45, 2.75) is 17.9 Å². The first-order valence-corrected chi connectivity index (χ1v) is 7.84. The fraction of sp³-hybridized carbons (Fsp3) is 0.368. The van der Waals surface area contributed by atoms with Gasteiger partial charge in [-0.05, 0) is 42.8 Å². The van der Waals surface area contributed by atoms with Crippen molar-refractivity contribution in [1.29, 1.82) is 0 Å². The number of likely N-dealkylation sites (tertiary alicyclic amines) is 1. The van der Waals surface area contributed by atoms with Gasteiger partial charge in [0.25, 0.3) is 0 Å². The number of ether oxygens (including phenoxy) is 1. The molecule has 2 aromatic carbocycles. The average molecular weight is 315 g/mol. The number of hydrogen-bond acceptors (Lipinski definition) is 3. The Morgan fingerprint density at radius 1 is 1.22 bits per heavy atom. The van der Waals surface area contributed by atoms with Gasteiger partial charge in [0.15, 0.2) is 0 Å². The van der Waals surface area contributed by atoms with E-state index in [2.05, 4.69) is 4.90 Å². The highest BCUT2D eigenvalue weighted by Gasteiger charge is 2.44. The summed E-state index contributed by atoms with van der Waals surface area (Å²) in [6, 6.07) is 14.2. The van der Waals surface area contributed by atoms with Gasteiger partial charge in [-0.3, -0.25) is 0 Å². The molecule has 122 valence electrons. The fourth-order valence-corrected chi connectivity index (χ4v) is 3.44. The Balaban J connectivity index is 2.08. The average Bonchev–Trinajstić information content (AvgIpc) is 2.58. The van der Waals surface area contributed by atoms with Crippen molar-refractivity contribution in [2.75, 3.05) is 27.2 Å². The Morgan fingerprint density at radius 2 is 2.00 bits per heavy atom. The molecule has 2 aromatic rings. The largest absolute Gasteiger partial charge is 0.497 e. The number of nitrogens with zero attached hydrogens (tertiary/aromatic N) is 1. The lowest BCUT2D eigenvalue weighted by Gasteiger charge is -2.44. The van der Waals surface area contributed by atoms with Gasteiger partial charge in [-0.25, -0.2) is 4.39 Å². The van der Waals surface area contributed by atoms with E-state index < -0.39 is 5.60 Å². The molecule has 0 bridgehead atoms. The molecule has 1 aliphatic rings. The highest BCUT2D eigenvalue weighted by atomic mass is 19.1. The van der Waals surface area contributed by atoms with E-state index in [1.54, 1.807) is 19.2 Å². The van der Waals surface area contributed by atoms with Gasteiger partial charge in [0.05, 0.1) is 12.7 Å². The third kappa shape index (κ3) is 2.96. The molecule has 0 spiro atoms. The van der Waals surface area contributed by atoms with Crippen LogP contribution in [0.15, 0.2) is 48.5 Å². The minimum Gasteiger partial charge on any atom is -0.497 e. The molecule has 1 heterocycles. The second kappa shape index (κ2) is 6.30. The molecule has 4 heteroatoms. The van der Waals surface area contributed by atoms with Gasteiger partial charge in [-0.2, -0.15) is 0 Å². The summed E-state index contributed by atoms with van der Waals surface area (Å²) in [6.07, 6.45) is 0.551. The van der Waals surface area contributed by atoms with E-state index in [1.165, 1.54) is 6.07 Å². The second-order valence-corrected chi connectivity index (χ2v) is 6.24. The van der Waals surface area contributed by atoms with Crippen LogP contribution in [0.4, 0.5) is 4.39 Å². The summed E-state index contributed by atoms with van der Waals surface area (Å²) in [5.74, 6) is 0.103. The van der Waals surface area contributed by atoms with Crippen molar-refractivity contribution in [3.63, 3.8) is 0 Å². The smallest absolute Gasteiger partial charge is 0.126 e. The maximum Gasteiger partial charge on any atom is 0.126 e. The number of likely N-dealkylation sites (N-methyl/N-ethyl adjacent to an activating group) is 1. The van der Waals surface area contributed by atoms with E-state index in [9.17, 15) is 9.50 Å². The minimum absolute atomic E-state index is 0.269. The first kappa shape index (κ1) is 16.0. The molecule has 0 amide bonds. The highest BCUT2D eigenvalue weighted by molar-refractivity contribution is 5.37. The molecule has 3 nitrogen and oxygen atoms in total. The number of rotatable bonds is 3. The molecule has 0 unspecified atom stereocenters. The Labute approximate surface area is 136 Å². The lowest BCUT2D eigenvalue weighted by atomic mass is 9.72. The van der Waals surface area contributed by atoms with E-state index in [0.717, 1.165) is 12.1 Å². The predicted molar refractivity (Wildman–Crippen MR) is 88.1 cm³/mol. The lowest BCUT2D eigenvalue weighted by molar-refractivity contribution is -0.0429. The number of piperidine rings is 1. The molecule has 0 saturated carbocycles. The van der Waals surface area contributed by atoms with E-state index in [1.807, 2.05) is 37.4 Å². The van der Waals surface area contributed by atoms with E-state index in [4.69, 9.17) is 4.74 Å². The van der Waals surface area contributed by atoms with E-state index >= 15 is 0 Å². The molecule has 1 saturated heterocycles. The first-order chi connectivity index (χ1) is 11.0. The number of hydrogen-bond donors (Lipinski definition) is 1. The summed E-state index contributed by atoms with van der Waals surface area (Å²) >= 11 is 0. The standard InChI is InChI=1S/C19H22FNO2/c1-21-11-10-19(22,14-6-5-7-15(12-14)23-2)17(13-21)16-8-3-4-9-18(16)20/h3-9,12,17,22H,10-11,13H2,1-2H3/t17-,19-/m1/s1. The van der Waals surface area contributed by atoms with Gasteiger partial charge in [0, 0.05) is 19.0 Å². The zero-order valence-corrected chi connectivity index (χ0v) is 13.5. The molecule has 2 atom stereocenters. The molecule has 3 rings (SSSR count). The number of halogens is 1. The maximum atomic E-state index is 14.4. The second-order valence-electron chi connectivity index (χ2n) is 6.24. The van der Waals surface area contributed by atoms with Crippen molar-refractivity contribution < 1.29 is 14.2 Å². The first-order valence-electron chi connectivity index (χ1n) is 7.84. The van der Waals surface area contributed by atoms with E-state index in [-0.39, 0.29) is 11.7 Å². The SMILES string of the molecule is COc1cccc([C@]2(O)CCN(C)C[C@@H]2c2ccccc2F)c1. The van der Waals surface area contributed by atoms with Crippen LogP contribution < -0.4 is 4.74 Å². The molecule has 1 aliphatic heterocycles. The van der Waals surface area contributed by atoms with Gasteiger partial charge in [-0.1, -0.05) is 30.3 Å². The molecule has 0 radical (unpaired) electrons. The molecule has 23 heavy (non-hydrogen) atoms. The molecular formula is C19H22FNO2. The van der Waals surface area contributed by atoms with Crippen LogP contribution in [0.5, 0.6) is 5.75 Å². The zero-order chi connectivity index (χ0) is 16.4. The summed E-state index contributed by atoms with van der Waals surface area (Å²) in [4.78, 5) is 2.13. The van der Waals surface area contributed by atoms with Crippen molar-refractivity contribution in [3.8, 4) is 5.75 Å². The van der Waals surface area contributed by atoms with Gasteiger partial charge < -0.3 is 14.7 Å². The molecule has 1 N–H and O–H groups in total. The summed E-state index contributed by atoms with van der Waals surface area (Å²) in [6.45, 7) is 1.37. The Kier molecular flexibility index (Phi) is 4.37. The fourth-order valence-electron chi connectivity index (χ4n) is 3.44. The molecule has 0 aromatic heterocycles. The third-order valence-corrected chi connectivity index (χ3v) is 4.80. The van der Waals surface area contributed by atoms with Crippen LogP contribution in [0, 0.1) is 5.82 Å². The van der Waals surface area contributed by atoms with Crippen LogP contribution in [-0.2, 0) is 5.60 Å². The zero-order valence-electron chi connectivity index (χ0n) is 13.5. The molecule has 1 fully saturated rings. The van der Waals surface area contributed by atoms with Crippen LogP contribution in [0.3, 0.4) is 0 Å². The molecular weight excluding hydrogens is 293 g/mol. The third-order valence-electron chi connectivity index (χ3n) is 4.80. The van der Waals surface area contributed by atoms with Crippen molar-refractivity contribution in [1.82, 2.24) is 4.90 Å². The van der Waals surface area contributed by atoms with Gasteiger partial charge in [0.2, 0.25) is 0 Å².